The molecule has 1 aliphatic rings. The van der Waals surface area contributed by atoms with Gasteiger partial charge in [-0.3, -0.25) is 4.79 Å². The van der Waals surface area contributed by atoms with Crippen molar-refractivity contribution in [2.24, 2.45) is 5.92 Å². The number of urea groups is 1. The number of benzene rings is 1. The third-order valence-corrected chi connectivity index (χ3v) is 4.35. The average molecular weight is 357 g/mol. The first-order chi connectivity index (χ1) is 10.0. The van der Waals surface area contributed by atoms with E-state index < -0.39 is 17.9 Å². The first kappa shape index (κ1) is 15.8. The first-order valence-corrected chi connectivity index (χ1v) is 7.34. The molecule has 2 atom stereocenters. The van der Waals surface area contributed by atoms with E-state index >= 15 is 0 Å². The molecular formula is C14H17BrN2O4. The highest BCUT2D eigenvalue weighted by atomic mass is 79.9. The minimum atomic E-state index is -0.942. The molecule has 0 aromatic heterocycles. The number of nitrogens with zero attached hydrogens (tertiary/aromatic N) is 1. The Morgan fingerprint density at radius 1 is 1.43 bits per heavy atom. The molecule has 0 spiro atoms. The van der Waals surface area contributed by atoms with E-state index in [1.165, 1.54) is 4.90 Å². The predicted octanol–water partition coefficient (Wildman–Crippen LogP) is 1.69. The second-order valence-electron chi connectivity index (χ2n) is 4.91. The minimum Gasteiger partial charge on any atom is -0.481 e. The van der Waals surface area contributed by atoms with Crippen LogP contribution in [0, 0.1) is 5.92 Å². The van der Waals surface area contributed by atoms with Gasteiger partial charge in [-0.05, 0) is 11.6 Å². The predicted molar refractivity (Wildman–Crippen MR) is 79.9 cm³/mol. The van der Waals surface area contributed by atoms with Crippen LogP contribution in [0.1, 0.15) is 5.56 Å². The lowest BCUT2D eigenvalue weighted by Gasteiger charge is -2.26. The second kappa shape index (κ2) is 6.91. The highest BCUT2D eigenvalue weighted by molar-refractivity contribution is 9.10. The second-order valence-corrected chi connectivity index (χ2v) is 5.76. The van der Waals surface area contributed by atoms with Crippen LogP contribution >= 0.6 is 15.9 Å². The Morgan fingerprint density at radius 3 is 2.81 bits per heavy atom. The lowest BCUT2D eigenvalue weighted by atomic mass is 10.0. The Morgan fingerprint density at radius 2 is 2.14 bits per heavy atom. The molecular weight excluding hydrogens is 340 g/mol. The van der Waals surface area contributed by atoms with Crippen molar-refractivity contribution < 1.29 is 19.4 Å². The number of halogens is 1. The van der Waals surface area contributed by atoms with Gasteiger partial charge in [0.1, 0.15) is 5.92 Å². The van der Waals surface area contributed by atoms with Crippen molar-refractivity contribution in [1.29, 1.82) is 0 Å². The number of rotatable bonds is 4. The first-order valence-electron chi connectivity index (χ1n) is 6.55. The Balaban J connectivity index is 1.94. The molecule has 1 aliphatic heterocycles. The van der Waals surface area contributed by atoms with Gasteiger partial charge in [-0.2, -0.15) is 0 Å². The van der Waals surface area contributed by atoms with Crippen LogP contribution in [0.5, 0.6) is 0 Å². The Bertz CT molecular complexity index is 537. The zero-order valence-electron chi connectivity index (χ0n) is 11.6. The highest BCUT2D eigenvalue weighted by Gasteiger charge is 2.38. The standard InChI is InChI=1S/C14H17BrN2O4/c1-17(12-8-21-7-10(12)13(18)19)14(20)16-6-9-4-2-3-5-11(9)15/h2-5,10,12H,6-8H2,1H3,(H,16,20)(H,18,19). The minimum absolute atomic E-state index is 0.141. The lowest BCUT2D eigenvalue weighted by molar-refractivity contribution is -0.142. The smallest absolute Gasteiger partial charge is 0.317 e. The number of likely N-dealkylation sites (N-methyl/N-ethyl adjacent to an activating group) is 1. The fourth-order valence-electron chi connectivity index (χ4n) is 2.25. The molecule has 2 N–H and O–H groups in total. The van der Waals surface area contributed by atoms with Crippen molar-refractivity contribution >= 4 is 27.9 Å². The number of carboxylic acids is 1. The number of carbonyl (C=O) groups is 2. The molecule has 21 heavy (non-hydrogen) atoms. The summed E-state index contributed by atoms with van der Waals surface area (Å²) in [5.41, 5.74) is 0.955. The largest absolute Gasteiger partial charge is 0.481 e. The number of carboxylic acid groups (broad SMARTS) is 1. The van der Waals surface area contributed by atoms with Crippen LogP contribution in [0.4, 0.5) is 4.79 Å². The molecule has 1 saturated heterocycles. The summed E-state index contributed by atoms with van der Waals surface area (Å²) in [6, 6.07) is 6.84. The van der Waals surface area contributed by atoms with Crippen LogP contribution < -0.4 is 5.32 Å². The summed E-state index contributed by atoms with van der Waals surface area (Å²) in [6.07, 6.45) is 0. The Labute approximate surface area is 131 Å². The average Bonchev–Trinajstić information content (AvgIpc) is 2.95. The fourth-order valence-corrected chi connectivity index (χ4v) is 2.67. The highest BCUT2D eigenvalue weighted by Crippen LogP contribution is 2.19. The molecule has 0 radical (unpaired) electrons. The summed E-state index contributed by atoms with van der Waals surface area (Å²) < 4.78 is 6.09. The summed E-state index contributed by atoms with van der Waals surface area (Å²) in [5, 5.41) is 11.9. The van der Waals surface area contributed by atoms with Crippen LogP contribution in [0.3, 0.4) is 0 Å². The van der Waals surface area contributed by atoms with Crippen LogP contribution in [-0.4, -0.2) is 48.3 Å². The number of hydrogen-bond donors (Lipinski definition) is 2. The van der Waals surface area contributed by atoms with Gasteiger partial charge in [0, 0.05) is 18.1 Å². The van der Waals surface area contributed by atoms with Gasteiger partial charge in [0.2, 0.25) is 0 Å². The molecule has 2 unspecified atom stereocenters. The molecule has 0 saturated carbocycles. The maximum absolute atomic E-state index is 12.1. The summed E-state index contributed by atoms with van der Waals surface area (Å²) in [6.45, 7) is 0.758. The van der Waals surface area contributed by atoms with Crippen molar-refractivity contribution in [3.8, 4) is 0 Å². The van der Waals surface area contributed by atoms with Gasteiger partial charge in [0.15, 0.2) is 0 Å². The number of hydrogen-bond acceptors (Lipinski definition) is 3. The zero-order valence-corrected chi connectivity index (χ0v) is 13.2. The van der Waals surface area contributed by atoms with E-state index in [9.17, 15) is 9.59 Å². The molecule has 0 aliphatic carbocycles. The van der Waals surface area contributed by atoms with Crippen molar-refractivity contribution in [1.82, 2.24) is 10.2 Å². The van der Waals surface area contributed by atoms with Gasteiger partial charge < -0.3 is 20.1 Å². The zero-order chi connectivity index (χ0) is 15.4. The lowest BCUT2D eigenvalue weighted by Crippen LogP contribution is -2.48. The van der Waals surface area contributed by atoms with E-state index in [1.54, 1.807) is 7.05 Å². The molecule has 1 heterocycles. The molecule has 6 nitrogen and oxygen atoms in total. The van der Waals surface area contributed by atoms with Gasteiger partial charge in [0.05, 0.1) is 19.3 Å². The molecule has 2 rings (SSSR count). The monoisotopic (exact) mass is 356 g/mol. The van der Waals surface area contributed by atoms with Crippen molar-refractivity contribution in [3.63, 3.8) is 0 Å². The van der Waals surface area contributed by atoms with E-state index in [4.69, 9.17) is 9.84 Å². The van der Waals surface area contributed by atoms with E-state index in [0.29, 0.717) is 6.54 Å². The van der Waals surface area contributed by atoms with E-state index in [-0.39, 0.29) is 19.2 Å². The summed E-state index contributed by atoms with van der Waals surface area (Å²) in [7, 11) is 1.59. The number of ether oxygens (including phenoxy) is 1. The van der Waals surface area contributed by atoms with E-state index in [0.717, 1.165) is 10.0 Å². The summed E-state index contributed by atoms with van der Waals surface area (Å²) in [5.74, 6) is -1.62. The third-order valence-electron chi connectivity index (χ3n) is 3.57. The van der Waals surface area contributed by atoms with Crippen molar-refractivity contribution in [2.75, 3.05) is 20.3 Å². The fraction of sp³-hybridized carbons (Fsp3) is 0.429. The molecule has 1 fully saturated rings. The maximum atomic E-state index is 12.1. The number of aliphatic carboxylic acids is 1. The Hall–Kier alpha value is -1.60. The van der Waals surface area contributed by atoms with Crippen LogP contribution in [0.15, 0.2) is 28.7 Å². The van der Waals surface area contributed by atoms with Crippen molar-refractivity contribution in [2.45, 2.75) is 12.6 Å². The van der Waals surface area contributed by atoms with Gasteiger partial charge >= 0.3 is 12.0 Å². The summed E-state index contributed by atoms with van der Waals surface area (Å²) in [4.78, 5) is 24.7. The van der Waals surface area contributed by atoms with Crippen LogP contribution in [0.25, 0.3) is 0 Å². The van der Waals surface area contributed by atoms with Gasteiger partial charge in [-0.1, -0.05) is 34.1 Å². The van der Waals surface area contributed by atoms with Gasteiger partial charge in [-0.25, -0.2) is 4.79 Å². The summed E-state index contributed by atoms with van der Waals surface area (Å²) >= 11 is 3.42. The molecule has 114 valence electrons. The molecule has 2 amide bonds. The maximum Gasteiger partial charge on any atom is 0.317 e. The molecule has 0 bridgehead atoms. The molecule has 1 aromatic rings. The number of nitrogens with one attached hydrogen (secondary N) is 1. The third kappa shape index (κ3) is 3.74. The Kier molecular flexibility index (Phi) is 5.19. The van der Waals surface area contributed by atoms with Crippen molar-refractivity contribution in [3.05, 3.63) is 34.3 Å². The molecule has 1 aromatic carbocycles. The van der Waals surface area contributed by atoms with Crippen LogP contribution in [-0.2, 0) is 16.1 Å². The van der Waals surface area contributed by atoms with Gasteiger partial charge in [0.25, 0.3) is 0 Å². The van der Waals surface area contributed by atoms with E-state index in [2.05, 4.69) is 21.2 Å². The normalized spacial score (nSPS) is 21.0. The van der Waals surface area contributed by atoms with E-state index in [1.807, 2.05) is 24.3 Å². The number of carbonyl (C=O) groups excluding carboxylic acids is 1. The van der Waals surface area contributed by atoms with Gasteiger partial charge in [-0.15, -0.1) is 0 Å². The van der Waals surface area contributed by atoms with Crippen LogP contribution in [0.2, 0.25) is 0 Å². The topological polar surface area (TPSA) is 78.9 Å². The quantitative estimate of drug-likeness (QED) is 0.860. The number of amides is 2. The molecule has 7 heteroatoms. The SMILES string of the molecule is CN(C(=O)NCc1ccccc1Br)C1COCC1C(=O)O.